The number of carbonyl (C=O) groups is 2. The van der Waals surface area contributed by atoms with Crippen molar-refractivity contribution < 1.29 is 59.2 Å². The summed E-state index contributed by atoms with van der Waals surface area (Å²) >= 11 is 0. The monoisotopic (exact) mass is 418 g/mol. The minimum Gasteiger partial charge on any atom is -0.504 e. The van der Waals surface area contributed by atoms with Crippen LogP contribution < -0.4 is 0 Å². The zero-order valence-electron chi connectivity index (χ0n) is 15.5. The Labute approximate surface area is 164 Å². The van der Waals surface area contributed by atoms with E-state index in [2.05, 4.69) is 4.74 Å². The van der Waals surface area contributed by atoms with Crippen molar-refractivity contribution >= 4 is 11.8 Å². The van der Waals surface area contributed by atoms with Gasteiger partial charge in [-0.25, -0.2) is 4.79 Å². The quantitative estimate of drug-likeness (QED) is 0.254. The van der Waals surface area contributed by atoms with Gasteiger partial charge in [0.1, 0.15) is 36.3 Å². The molecule has 162 valence electrons. The average Bonchev–Trinajstić information content (AvgIpc) is 2.88. The molecule has 3 aliphatic rings. The third-order valence-electron chi connectivity index (χ3n) is 5.38. The molecule has 1 saturated heterocycles. The van der Waals surface area contributed by atoms with Gasteiger partial charge < -0.3 is 49.6 Å². The molecule has 0 saturated carbocycles. The highest BCUT2D eigenvalue weighted by atomic mass is 16.8. The molecular weight excluding hydrogens is 396 g/mol. The van der Waals surface area contributed by atoms with E-state index in [9.17, 15) is 40.2 Å². The number of carbonyl (C=O) groups excluding carboxylic acids is 2. The average molecular weight is 418 g/mol. The number of ketones is 1. The van der Waals surface area contributed by atoms with E-state index in [0.29, 0.717) is 0 Å². The Morgan fingerprint density at radius 3 is 2.45 bits per heavy atom. The van der Waals surface area contributed by atoms with E-state index in [1.54, 1.807) is 0 Å². The van der Waals surface area contributed by atoms with Crippen molar-refractivity contribution in [2.45, 2.75) is 49.5 Å². The van der Waals surface area contributed by atoms with Crippen LogP contribution in [0.3, 0.4) is 0 Å². The van der Waals surface area contributed by atoms with Crippen LogP contribution in [0.25, 0.3) is 0 Å². The van der Waals surface area contributed by atoms with Crippen LogP contribution in [0.15, 0.2) is 23.2 Å². The minimum atomic E-state index is -2.56. The fraction of sp³-hybridized carbons (Fsp3) is 0.647. The van der Waals surface area contributed by atoms with Crippen molar-refractivity contribution in [1.29, 1.82) is 0 Å². The zero-order valence-corrected chi connectivity index (χ0v) is 15.5. The van der Waals surface area contributed by atoms with E-state index in [0.717, 1.165) is 13.4 Å². The molecule has 2 aliphatic heterocycles. The number of Topliss-reactive ketones (excluding diaryl/α,β-unsaturated/α-hetero) is 1. The lowest BCUT2D eigenvalue weighted by Gasteiger charge is -2.43. The summed E-state index contributed by atoms with van der Waals surface area (Å²) in [6, 6.07) is 0. The maximum atomic E-state index is 12.5. The lowest BCUT2D eigenvalue weighted by atomic mass is 9.78. The molecule has 6 N–H and O–H groups in total. The summed E-state index contributed by atoms with van der Waals surface area (Å²) in [4.78, 5) is 24.5. The predicted molar refractivity (Wildman–Crippen MR) is 88.6 cm³/mol. The van der Waals surface area contributed by atoms with E-state index < -0.39 is 78.2 Å². The van der Waals surface area contributed by atoms with Crippen LogP contribution >= 0.6 is 0 Å². The van der Waals surface area contributed by atoms with E-state index in [1.807, 2.05) is 0 Å². The van der Waals surface area contributed by atoms with Gasteiger partial charge in [-0.1, -0.05) is 0 Å². The molecule has 0 spiro atoms. The van der Waals surface area contributed by atoms with Gasteiger partial charge in [-0.05, 0) is 12.5 Å². The third-order valence-corrected chi connectivity index (χ3v) is 5.38. The van der Waals surface area contributed by atoms with E-state index in [-0.39, 0.29) is 5.57 Å². The van der Waals surface area contributed by atoms with Gasteiger partial charge in [-0.3, -0.25) is 4.79 Å². The van der Waals surface area contributed by atoms with E-state index >= 15 is 0 Å². The largest absolute Gasteiger partial charge is 0.504 e. The van der Waals surface area contributed by atoms with Crippen LogP contribution in [0.5, 0.6) is 0 Å². The van der Waals surface area contributed by atoms with Gasteiger partial charge in [-0.2, -0.15) is 0 Å². The molecule has 0 aromatic rings. The molecule has 12 heteroatoms. The minimum absolute atomic E-state index is 0.0541. The standard InChI is InChI=1S/C17H22O12/c1-5-8-15(29-16-12(22)11(21)10(20)7(3-18)28-16)27-4-6(14(24)26-2)17(8,25)13(23)9(5)19/h4,7-8,10-12,15-16,18-22,25H,3H2,1-2H3. The summed E-state index contributed by atoms with van der Waals surface area (Å²) in [5.41, 5.74) is -3.17. The number of ether oxygens (including phenoxy) is 4. The number of rotatable bonds is 4. The fourth-order valence-corrected chi connectivity index (χ4v) is 3.69. The van der Waals surface area contributed by atoms with E-state index in [1.165, 1.54) is 6.92 Å². The normalized spacial score (nSPS) is 42.2. The van der Waals surface area contributed by atoms with E-state index in [4.69, 9.17) is 14.2 Å². The Hall–Kier alpha value is -2.06. The van der Waals surface area contributed by atoms with Gasteiger partial charge in [0.25, 0.3) is 0 Å². The van der Waals surface area contributed by atoms with Gasteiger partial charge in [0.05, 0.1) is 19.6 Å². The van der Waals surface area contributed by atoms with Crippen molar-refractivity contribution in [3.8, 4) is 0 Å². The van der Waals surface area contributed by atoms with Crippen LogP contribution in [0, 0.1) is 5.92 Å². The van der Waals surface area contributed by atoms with Crippen molar-refractivity contribution in [2.75, 3.05) is 13.7 Å². The first-order valence-electron chi connectivity index (χ1n) is 8.66. The van der Waals surface area contributed by atoms with Gasteiger partial charge >= 0.3 is 5.97 Å². The summed E-state index contributed by atoms with van der Waals surface area (Å²) in [5.74, 6) is -4.44. The first-order chi connectivity index (χ1) is 13.6. The molecule has 0 aromatic heterocycles. The van der Waals surface area contributed by atoms with Crippen LogP contribution in [0.4, 0.5) is 0 Å². The highest BCUT2D eigenvalue weighted by molar-refractivity contribution is 6.12. The van der Waals surface area contributed by atoms with Crippen molar-refractivity contribution in [2.24, 2.45) is 5.92 Å². The SMILES string of the molecule is COC(=O)C1=COC(OC2OC(CO)C(O)C(O)C2O)C2C(C)=C(O)C(=O)C12O. The Balaban J connectivity index is 1.94. The number of methoxy groups -OCH3 is 1. The molecule has 8 atom stereocenters. The predicted octanol–water partition coefficient (Wildman–Crippen LogP) is -3.02. The summed E-state index contributed by atoms with van der Waals surface area (Å²) in [7, 11) is 1.03. The highest BCUT2D eigenvalue weighted by Crippen LogP contribution is 2.47. The number of aliphatic hydroxyl groups excluding tert-OH is 5. The molecule has 1 aliphatic carbocycles. The smallest absolute Gasteiger partial charge is 0.340 e. The Bertz CT molecular complexity index is 758. The molecule has 12 nitrogen and oxygen atoms in total. The van der Waals surface area contributed by atoms with Crippen LogP contribution in [0.1, 0.15) is 6.92 Å². The van der Waals surface area contributed by atoms with Crippen LogP contribution in [-0.4, -0.2) is 98.7 Å². The molecule has 29 heavy (non-hydrogen) atoms. The van der Waals surface area contributed by atoms with Crippen molar-refractivity contribution in [1.82, 2.24) is 0 Å². The summed E-state index contributed by atoms with van der Waals surface area (Å²) in [6.45, 7) is 0.609. The van der Waals surface area contributed by atoms with Crippen molar-refractivity contribution in [3.63, 3.8) is 0 Å². The topological polar surface area (TPSA) is 192 Å². The second-order valence-corrected chi connectivity index (χ2v) is 6.97. The Morgan fingerprint density at radius 1 is 1.21 bits per heavy atom. The molecule has 2 heterocycles. The molecule has 0 radical (unpaired) electrons. The van der Waals surface area contributed by atoms with Gasteiger partial charge in [0.15, 0.2) is 17.7 Å². The molecule has 0 bridgehead atoms. The second kappa shape index (κ2) is 7.65. The molecular formula is C17H22O12. The van der Waals surface area contributed by atoms with Gasteiger partial charge in [0, 0.05) is 0 Å². The molecule has 0 aromatic carbocycles. The van der Waals surface area contributed by atoms with Crippen molar-refractivity contribution in [3.05, 3.63) is 23.2 Å². The fourth-order valence-electron chi connectivity index (χ4n) is 3.69. The third kappa shape index (κ3) is 3.13. The summed E-state index contributed by atoms with van der Waals surface area (Å²) < 4.78 is 20.5. The Morgan fingerprint density at radius 2 is 1.86 bits per heavy atom. The number of fused-ring (bicyclic) bond motifs is 1. The second-order valence-electron chi connectivity index (χ2n) is 6.97. The first-order valence-corrected chi connectivity index (χ1v) is 8.66. The summed E-state index contributed by atoms with van der Waals surface area (Å²) in [6.07, 6.45) is -8.85. The Kier molecular flexibility index (Phi) is 5.71. The molecule has 1 fully saturated rings. The molecule has 3 rings (SSSR count). The highest BCUT2D eigenvalue weighted by Gasteiger charge is 2.63. The number of hydrogen-bond donors (Lipinski definition) is 6. The number of aliphatic hydroxyl groups is 6. The lowest BCUT2D eigenvalue weighted by Crippen LogP contribution is -2.61. The van der Waals surface area contributed by atoms with Gasteiger partial charge in [-0.15, -0.1) is 0 Å². The number of hydrogen-bond acceptors (Lipinski definition) is 12. The maximum Gasteiger partial charge on any atom is 0.340 e. The molecule has 0 amide bonds. The zero-order chi connectivity index (χ0) is 21.7. The number of esters is 1. The summed E-state index contributed by atoms with van der Waals surface area (Å²) in [5, 5.41) is 60.2. The van der Waals surface area contributed by atoms with Crippen LogP contribution in [0.2, 0.25) is 0 Å². The van der Waals surface area contributed by atoms with Crippen LogP contribution in [-0.2, 0) is 28.5 Å². The first kappa shape index (κ1) is 21.6. The van der Waals surface area contributed by atoms with Gasteiger partial charge in [0.2, 0.25) is 12.1 Å². The molecule has 8 unspecified atom stereocenters. The lowest BCUT2D eigenvalue weighted by molar-refractivity contribution is -0.342. The maximum absolute atomic E-state index is 12.5.